The molecule has 0 fully saturated rings. The zero-order chi connectivity index (χ0) is 24.8. The van der Waals surface area contributed by atoms with E-state index < -0.39 is 36.1 Å². The lowest BCUT2D eigenvalue weighted by atomic mass is 10.0. The summed E-state index contributed by atoms with van der Waals surface area (Å²) in [7, 11) is 1.52. The molecule has 0 bridgehead atoms. The monoisotopic (exact) mass is 474 g/mol. The van der Waals surface area contributed by atoms with Crippen molar-refractivity contribution in [2.24, 2.45) is 0 Å². The van der Waals surface area contributed by atoms with E-state index in [0.29, 0.717) is 11.3 Å². The van der Waals surface area contributed by atoms with Crippen molar-refractivity contribution >= 4 is 28.6 Å². The number of para-hydroxylation sites is 1. The molecule has 4 aromatic rings. The third kappa shape index (κ3) is 5.73. The van der Waals surface area contributed by atoms with Gasteiger partial charge in [0.1, 0.15) is 17.6 Å². The van der Waals surface area contributed by atoms with E-state index in [1.54, 1.807) is 30.5 Å². The number of hydrogen-bond acceptors (Lipinski definition) is 5. The number of H-pyrrole nitrogens is 1. The average Bonchev–Trinajstić information content (AvgIpc) is 3.29. The minimum absolute atomic E-state index is 0.131. The van der Waals surface area contributed by atoms with Crippen LogP contribution in [0.25, 0.3) is 10.9 Å². The minimum atomic E-state index is -1.07. The van der Waals surface area contributed by atoms with E-state index >= 15 is 0 Å². The smallest absolute Gasteiger partial charge is 0.329 e. The van der Waals surface area contributed by atoms with Gasteiger partial charge < -0.3 is 19.8 Å². The Labute approximate surface area is 200 Å². The quantitative estimate of drug-likeness (QED) is 0.281. The Kier molecular flexibility index (Phi) is 7.21. The fraction of sp³-hybridized carbons (Fsp3) is 0.148. The van der Waals surface area contributed by atoms with Crippen LogP contribution in [0.3, 0.4) is 0 Å². The molecular formula is C27H23FN2O5. The van der Waals surface area contributed by atoms with E-state index in [4.69, 9.17) is 9.47 Å². The van der Waals surface area contributed by atoms with Gasteiger partial charge in [0, 0.05) is 34.6 Å². The molecular weight excluding hydrogens is 451 g/mol. The molecule has 1 amide bonds. The van der Waals surface area contributed by atoms with E-state index in [2.05, 4.69) is 10.3 Å². The fourth-order valence-corrected chi connectivity index (χ4v) is 3.65. The van der Waals surface area contributed by atoms with Gasteiger partial charge in [-0.3, -0.25) is 9.59 Å². The van der Waals surface area contributed by atoms with E-state index in [0.717, 1.165) is 28.6 Å². The first-order valence-electron chi connectivity index (χ1n) is 10.9. The summed E-state index contributed by atoms with van der Waals surface area (Å²) in [6, 6.07) is 17.9. The summed E-state index contributed by atoms with van der Waals surface area (Å²) in [6.45, 7) is -0.484. The molecule has 0 spiro atoms. The molecule has 0 saturated carbocycles. The number of ether oxygens (including phenoxy) is 2. The van der Waals surface area contributed by atoms with Crippen molar-refractivity contribution in [1.29, 1.82) is 0 Å². The van der Waals surface area contributed by atoms with Crippen LogP contribution in [0.5, 0.6) is 5.75 Å². The molecule has 35 heavy (non-hydrogen) atoms. The van der Waals surface area contributed by atoms with Gasteiger partial charge in [0.25, 0.3) is 5.91 Å². The van der Waals surface area contributed by atoms with Gasteiger partial charge in [-0.25, -0.2) is 9.18 Å². The Morgan fingerprint density at radius 2 is 1.63 bits per heavy atom. The molecule has 0 unspecified atom stereocenters. The Bertz CT molecular complexity index is 1350. The van der Waals surface area contributed by atoms with Gasteiger partial charge in [-0.05, 0) is 60.2 Å². The van der Waals surface area contributed by atoms with Gasteiger partial charge in [0.15, 0.2) is 12.4 Å². The van der Waals surface area contributed by atoms with Gasteiger partial charge in [-0.15, -0.1) is 0 Å². The zero-order valence-electron chi connectivity index (χ0n) is 18.9. The van der Waals surface area contributed by atoms with Gasteiger partial charge in [0.05, 0.1) is 7.11 Å². The Balaban J connectivity index is 1.50. The second kappa shape index (κ2) is 10.6. The second-order valence-corrected chi connectivity index (χ2v) is 7.86. The number of methoxy groups -OCH3 is 1. The molecule has 2 N–H and O–H groups in total. The van der Waals surface area contributed by atoms with Crippen LogP contribution in [-0.4, -0.2) is 42.4 Å². The maximum Gasteiger partial charge on any atom is 0.329 e. The summed E-state index contributed by atoms with van der Waals surface area (Å²) in [5.41, 5.74) is 2.23. The SMILES string of the molecule is COc1ccc(C(=O)COC(=O)[C@H](Cc2c[nH]c3ccccc23)NC(=O)c2ccc(F)cc2)cc1. The number of amides is 1. The molecule has 178 valence electrons. The predicted molar refractivity (Wildman–Crippen MR) is 128 cm³/mol. The number of carbonyl (C=O) groups excluding carboxylic acids is 3. The third-order valence-electron chi connectivity index (χ3n) is 5.55. The van der Waals surface area contributed by atoms with Gasteiger partial charge in [-0.2, -0.15) is 0 Å². The standard InChI is InChI=1S/C27H23FN2O5/c1-34-21-12-8-17(9-13-21)25(31)16-35-27(33)24(30-26(32)18-6-10-20(28)11-7-18)14-19-15-29-23-5-3-2-4-22(19)23/h2-13,15,24,29H,14,16H2,1H3,(H,30,32)/t24-/m0/s1. The van der Waals surface area contributed by atoms with Crippen LogP contribution in [-0.2, 0) is 16.0 Å². The highest BCUT2D eigenvalue weighted by molar-refractivity contribution is 5.99. The van der Waals surface area contributed by atoms with Crippen molar-refractivity contribution in [1.82, 2.24) is 10.3 Å². The number of ketones is 1. The number of rotatable bonds is 9. The number of halogens is 1. The van der Waals surface area contributed by atoms with Crippen molar-refractivity contribution in [3.8, 4) is 5.75 Å². The second-order valence-electron chi connectivity index (χ2n) is 7.86. The molecule has 4 rings (SSSR count). The van der Waals surface area contributed by atoms with Crippen LogP contribution in [0.15, 0.2) is 79.0 Å². The summed E-state index contributed by atoms with van der Waals surface area (Å²) in [5.74, 6) is -1.59. The number of aromatic amines is 1. The number of esters is 1. The predicted octanol–water partition coefficient (Wildman–Crippen LogP) is 4.08. The fourth-order valence-electron chi connectivity index (χ4n) is 3.65. The molecule has 1 heterocycles. The number of benzene rings is 3. The van der Waals surface area contributed by atoms with E-state index in [1.807, 2.05) is 24.3 Å². The molecule has 0 aliphatic rings. The van der Waals surface area contributed by atoms with Crippen molar-refractivity contribution < 1.29 is 28.2 Å². The van der Waals surface area contributed by atoms with E-state index in [1.165, 1.54) is 19.2 Å². The number of carbonyl (C=O) groups is 3. The van der Waals surface area contributed by atoms with Crippen LogP contribution in [0, 0.1) is 5.82 Å². The number of fused-ring (bicyclic) bond motifs is 1. The van der Waals surface area contributed by atoms with Crippen molar-refractivity contribution in [3.63, 3.8) is 0 Å². The van der Waals surface area contributed by atoms with Gasteiger partial charge in [-0.1, -0.05) is 18.2 Å². The third-order valence-corrected chi connectivity index (χ3v) is 5.55. The normalized spacial score (nSPS) is 11.6. The van der Waals surface area contributed by atoms with Gasteiger partial charge in [0.2, 0.25) is 0 Å². The largest absolute Gasteiger partial charge is 0.497 e. The van der Waals surface area contributed by atoms with Gasteiger partial charge >= 0.3 is 5.97 Å². The minimum Gasteiger partial charge on any atom is -0.497 e. The van der Waals surface area contributed by atoms with Crippen LogP contribution < -0.4 is 10.1 Å². The molecule has 1 atom stereocenters. The number of Topliss-reactive ketones (excluding diaryl/α,β-unsaturated/α-hetero) is 1. The van der Waals surface area contributed by atoms with Crippen molar-refractivity contribution in [2.45, 2.75) is 12.5 Å². The summed E-state index contributed by atoms with van der Waals surface area (Å²) >= 11 is 0. The molecule has 7 nitrogen and oxygen atoms in total. The molecule has 3 aromatic carbocycles. The summed E-state index contributed by atoms with van der Waals surface area (Å²) in [6.07, 6.45) is 1.89. The van der Waals surface area contributed by atoms with Crippen LogP contribution in [0.2, 0.25) is 0 Å². The van der Waals surface area contributed by atoms with Crippen molar-refractivity contribution in [2.75, 3.05) is 13.7 Å². The molecule has 1 aromatic heterocycles. The Hall–Kier alpha value is -4.46. The molecule has 8 heteroatoms. The lowest BCUT2D eigenvalue weighted by Gasteiger charge is -2.17. The molecule has 0 radical (unpaired) electrons. The average molecular weight is 474 g/mol. The highest BCUT2D eigenvalue weighted by Gasteiger charge is 2.25. The maximum atomic E-state index is 13.3. The maximum absolute atomic E-state index is 13.3. The van der Waals surface area contributed by atoms with Crippen LogP contribution in [0.1, 0.15) is 26.3 Å². The first-order chi connectivity index (χ1) is 16.9. The number of aromatic nitrogens is 1. The first kappa shape index (κ1) is 23.7. The Morgan fingerprint density at radius 3 is 2.34 bits per heavy atom. The van der Waals surface area contributed by atoms with Crippen molar-refractivity contribution in [3.05, 3.63) is 102 Å². The zero-order valence-corrected chi connectivity index (χ0v) is 18.9. The van der Waals surface area contributed by atoms with Crippen LogP contribution >= 0.6 is 0 Å². The summed E-state index contributed by atoms with van der Waals surface area (Å²) < 4.78 is 23.6. The highest BCUT2D eigenvalue weighted by atomic mass is 19.1. The molecule has 0 aliphatic heterocycles. The van der Waals surface area contributed by atoms with E-state index in [9.17, 15) is 18.8 Å². The molecule has 0 aliphatic carbocycles. The molecule has 0 saturated heterocycles. The first-order valence-corrected chi connectivity index (χ1v) is 10.9. The van der Waals surface area contributed by atoms with E-state index in [-0.39, 0.29) is 12.0 Å². The number of nitrogens with one attached hydrogen (secondary N) is 2. The number of hydrogen-bond donors (Lipinski definition) is 2. The lowest BCUT2D eigenvalue weighted by molar-refractivity contribution is -0.144. The summed E-state index contributed by atoms with van der Waals surface area (Å²) in [5, 5.41) is 3.56. The topological polar surface area (TPSA) is 97.5 Å². The summed E-state index contributed by atoms with van der Waals surface area (Å²) in [4.78, 5) is 41.4. The van der Waals surface area contributed by atoms with Crippen LogP contribution in [0.4, 0.5) is 4.39 Å². The Morgan fingerprint density at radius 1 is 0.943 bits per heavy atom. The highest BCUT2D eigenvalue weighted by Crippen LogP contribution is 2.20. The lowest BCUT2D eigenvalue weighted by Crippen LogP contribution is -2.43.